The molecule has 2 heterocycles. The highest BCUT2D eigenvalue weighted by molar-refractivity contribution is 5.80. The van der Waals surface area contributed by atoms with Gasteiger partial charge in [0, 0.05) is 31.2 Å². The van der Waals surface area contributed by atoms with E-state index in [4.69, 9.17) is 14.7 Å². The number of piperidine rings is 1. The lowest BCUT2D eigenvalue weighted by molar-refractivity contribution is -0.131. The van der Waals surface area contributed by atoms with E-state index >= 15 is 0 Å². The van der Waals surface area contributed by atoms with Crippen LogP contribution in [-0.4, -0.2) is 43.2 Å². The molecule has 4 rings (SSSR count). The van der Waals surface area contributed by atoms with Crippen molar-refractivity contribution in [1.29, 1.82) is 5.26 Å². The quantitative estimate of drug-likeness (QED) is 0.623. The van der Waals surface area contributed by atoms with Crippen LogP contribution in [0.1, 0.15) is 36.8 Å². The molecule has 0 radical (unpaired) electrons. The van der Waals surface area contributed by atoms with E-state index in [1.165, 1.54) is 0 Å². The first kappa shape index (κ1) is 22.7. The molecule has 1 aliphatic carbocycles. The first-order valence-corrected chi connectivity index (χ1v) is 11.5. The number of allylic oxidation sites excluding steroid dienone is 1. The molecular formula is C26H30N4O3. The largest absolute Gasteiger partial charge is 0.493 e. The maximum Gasteiger partial charge on any atom is 0.223 e. The predicted molar refractivity (Wildman–Crippen MR) is 126 cm³/mol. The van der Waals surface area contributed by atoms with E-state index in [-0.39, 0.29) is 24.0 Å². The standard InChI is InChI=1S/C26H30N4O3/c1-3-4-18-5-6-23(32-2)24(13-18)33-22-15-20(16-22)26(31)29-21-8-11-30(12-9-21)25-14-19(17-27)7-10-28-25/h3,5-7,10,13-14,20-22H,1,4,8-9,11-12,15-16H2,2H3,(H,29,31). The topological polar surface area (TPSA) is 87.5 Å². The van der Waals surface area contributed by atoms with Crippen molar-refractivity contribution in [1.82, 2.24) is 10.3 Å². The van der Waals surface area contributed by atoms with Crippen molar-refractivity contribution >= 4 is 11.7 Å². The molecule has 1 aromatic carbocycles. The number of anilines is 1. The van der Waals surface area contributed by atoms with E-state index < -0.39 is 0 Å². The Morgan fingerprint density at radius 1 is 1.27 bits per heavy atom. The third-order valence-corrected chi connectivity index (χ3v) is 6.41. The van der Waals surface area contributed by atoms with Gasteiger partial charge in [-0.1, -0.05) is 12.1 Å². The summed E-state index contributed by atoms with van der Waals surface area (Å²) in [7, 11) is 1.63. The lowest BCUT2D eigenvalue weighted by Gasteiger charge is -2.37. The molecule has 7 heteroatoms. The summed E-state index contributed by atoms with van der Waals surface area (Å²) in [6.07, 6.45) is 7.48. The summed E-state index contributed by atoms with van der Waals surface area (Å²) in [5, 5.41) is 12.3. The molecule has 2 fully saturated rings. The average Bonchev–Trinajstić information content (AvgIpc) is 2.82. The number of pyridine rings is 1. The van der Waals surface area contributed by atoms with E-state index in [1.807, 2.05) is 30.3 Å². The number of hydrogen-bond acceptors (Lipinski definition) is 6. The summed E-state index contributed by atoms with van der Waals surface area (Å²) < 4.78 is 11.6. The number of amides is 1. The number of hydrogen-bond donors (Lipinski definition) is 1. The summed E-state index contributed by atoms with van der Waals surface area (Å²) in [5.74, 6) is 2.36. The van der Waals surface area contributed by atoms with Gasteiger partial charge in [0.05, 0.1) is 18.7 Å². The Labute approximate surface area is 195 Å². The fraction of sp³-hybridized carbons (Fsp3) is 0.423. The van der Waals surface area contributed by atoms with Crippen LogP contribution in [0.3, 0.4) is 0 Å². The fourth-order valence-electron chi connectivity index (χ4n) is 4.40. The second kappa shape index (κ2) is 10.4. The molecule has 2 aliphatic rings. The molecule has 0 spiro atoms. The molecule has 1 aliphatic heterocycles. The Bertz CT molecular complexity index is 1030. The molecule has 1 saturated heterocycles. The molecule has 7 nitrogen and oxygen atoms in total. The van der Waals surface area contributed by atoms with Crippen molar-refractivity contribution < 1.29 is 14.3 Å². The van der Waals surface area contributed by atoms with Gasteiger partial charge in [-0.25, -0.2) is 4.98 Å². The van der Waals surface area contributed by atoms with E-state index in [0.29, 0.717) is 24.2 Å². The van der Waals surface area contributed by atoms with Gasteiger partial charge in [-0.2, -0.15) is 5.26 Å². The average molecular weight is 447 g/mol. The normalized spacial score (nSPS) is 20.3. The van der Waals surface area contributed by atoms with E-state index in [1.54, 1.807) is 19.4 Å². The Balaban J connectivity index is 1.23. The number of aromatic nitrogens is 1. The van der Waals surface area contributed by atoms with Crippen molar-refractivity contribution in [2.45, 2.75) is 44.2 Å². The van der Waals surface area contributed by atoms with Crippen LogP contribution in [-0.2, 0) is 11.2 Å². The molecule has 1 aromatic heterocycles. The molecule has 1 saturated carbocycles. The van der Waals surface area contributed by atoms with Gasteiger partial charge in [0.25, 0.3) is 0 Å². The van der Waals surface area contributed by atoms with E-state index in [9.17, 15) is 4.79 Å². The summed E-state index contributed by atoms with van der Waals surface area (Å²) in [6.45, 7) is 5.41. The molecule has 1 N–H and O–H groups in total. The number of ether oxygens (including phenoxy) is 2. The van der Waals surface area contributed by atoms with Crippen LogP contribution in [0.25, 0.3) is 0 Å². The second-order valence-corrected chi connectivity index (χ2v) is 8.67. The lowest BCUT2D eigenvalue weighted by atomic mass is 9.81. The Kier molecular flexibility index (Phi) is 7.13. The van der Waals surface area contributed by atoms with Crippen molar-refractivity contribution in [3.05, 3.63) is 60.3 Å². The molecular weight excluding hydrogens is 416 g/mol. The van der Waals surface area contributed by atoms with Gasteiger partial charge in [0.15, 0.2) is 11.5 Å². The van der Waals surface area contributed by atoms with Gasteiger partial charge in [-0.3, -0.25) is 4.79 Å². The van der Waals surface area contributed by atoms with Crippen molar-refractivity contribution in [2.24, 2.45) is 5.92 Å². The van der Waals surface area contributed by atoms with Gasteiger partial charge >= 0.3 is 0 Å². The number of methoxy groups -OCH3 is 1. The molecule has 0 bridgehead atoms. The smallest absolute Gasteiger partial charge is 0.223 e. The maximum atomic E-state index is 12.7. The zero-order valence-electron chi connectivity index (χ0n) is 19.0. The summed E-state index contributed by atoms with van der Waals surface area (Å²) in [5.41, 5.74) is 1.73. The lowest BCUT2D eigenvalue weighted by Crippen LogP contribution is -2.50. The number of carbonyl (C=O) groups excluding carboxylic acids is 1. The minimum Gasteiger partial charge on any atom is -0.493 e. The van der Waals surface area contributed by atoms with Gasteiger partial charge in [-0.15, -0.1) is 6.58 Å². The number of rotatable bonds is 8. The highest BCUT2D eigenvalue weighted by Crippen LogP contribution is 2.36. The molecule has 0 atom stereocenters. The monoisotopic (exact) mass is 446 g/mol. The van der Waals surface area contributed by atoms with Crippen LogP contribution >= 0.6 is 0 Å². The van der Waals surface area contributed by atoms with Gasteiger partial charge in [0.1, 0.15) is 11.9 Å². The van der Waals surface area contributed by atoms with Crippen LogP contribution in [0, 0.1) is 17.2 Å². The maximum absolute atomic E-state index is 12.7. The molecule has 33 heavy (non-hydrogen) atoms. The van der Waals surface area contributed by atoms with Crippen LogP contribution in [0.5, 0.6) is 11.5 Å². The minimum absolute atomic E-state index is 0.00985. The fourth-order valence-corrected chi connectivity index (χ4v) is 4.40. The SMILES string of the molecule is C=CCc1ccc(OC)c(OC2CC(C(=O)NC3CCN(c4cc(C#N)ccn4)CC3)C2)c1. The third-order valence-electron chi connectivity index (χ3n) is 6.41. The second-order valence-electron chi connectivity index (χ2n) is 8.67. The summed E-state index contributed by atoms with van der Waals surface area (Å²) in [6, 6.07) is 11.8. The number of benzene rings is 1. The van der Waals surface area contributed by atoms with Gasteiger partial charge in [0.2, 0.25) is 5.91 Å². The number of carbonyl (C=O) groups is 1. The van der Waals surface area contributed by atoms with Crippen LogP contribution < -0.4 is 19.7 Å². The zero-order valence-corrected chi connectivity index (χ0v) is 19.0. The minimum atomic E-state index is -0.00985. The third kappa shape index (κ3) is 5.46. The Hall–Kier alpha value is -3.53. The zero-order chi connectivity index (χ0) is 23.2. The van der Waals surface area contributed by atoms with Crippen LogP contribution in [0.15, 0.2) is 49.2 Å². The van der Waals surface area contributed by atoms with Crippen LogP contribution in [0.4, 0.5) is 5.82 Å². The predicted octanol–water partition coefficient (Wildman–Crippen LogP) is 3.63. The summed E-state index contributed by atoms with van der Waals surface area (Å²) in [4.78, 5) is 19.3. The summed E-state index contributed by atoms with van der Waals surface area (Å²) >= 11 is 0. The Morgan fingerprint density at radius 2 is 2.06 bits per heavy atom. The highest BCUT2D eigenvalue weighted by Gasteiger charge is 2.37. The number of nitrogens with one attached hydrogen (secondary N) is 1. The molecule has 2 aromatic rings. The molecule has 1 amide bonds. The van der Waals surface area contributed by atoms with Gasteiger partial charge < -0.3 is 19.7 Å². The van der Waals surface area contributed by atoms with Crippen molar-refractivity contribution in [3.63, 3.8) is 0 Å². The van der Waals surface area contributed by atoms with E-state index in [2.05, 4.69) is 27.8 Å². The molecule has 0 unspecified atom stereocenters. The number of nitrogens with zero attached hydrogens (tertiary/aromatic N) is 3. The van der Waals surface area contributed by atoms with Gasteiger partial charge in [-0.05, 0) is 61.9 Å². The Morgan fingerprint density at radius 3 is 2.76 bits per heavy atom. The first-order chi connectivity index (χ1) is 16.1. The molecule has 172 valence electrons. The van der Waals surface area contributed by atoms with Crippen LogP contribution in [0.2, 0.25) is 0 Å². The highest BCUT2D eigenvalue weighted by atomic mass is 16.5. The van der Waals surface area contributed by atoms with E-state index in [0.717, 1.165) is 49.5 Å². The van der Waals surface area contributed by atoms with Crippen molar-refractivity contribution in [3.8, 4) is 17.6 Å². The number of nitriles is 1. The first-order valence-electron chi connectivity index (χ1n) is 11.5. The van der Waals surface area contributed by atoms with Crippen molar-refractivity contribution in [2.75, 3.05) is 25.1 Å².